The molecule has 19 heavy (non-hydrogen) atoms. The largest absolute Gasteiger partial charge is 0.481 e. The second kappa shape index (κ2) is 6.83. The highest BCUT2D eigenvalue weighted by atomic mass is 32.1. The minimum atomic E-state index is -0.909. The zero-order valence-electron chi connectivity index (χ0n) is 10.3. The molecule has 0 saturated heterocycles. The lowest BCUT2D eigenvalue weighted by Crippen LogP contribution is -2.29. The van der Waals surface area contributed by atoms with Crippen LogP contribution < -0.4 is 5.32 Å². The van der Waals surface area contributed by atoms with E-state index >= 15 is 0 Å². The van der Waals surface area contributed by atoms with Crippen LogP contribution in [0.2, 0.25) is 0 Å². The minimum Gasteiger partial charge on any atom is -0.481 e. The molecule has 0 aliphatic carbocycles. The van der Waals surface area contributed by atoms with Gasteiger partial charge in [-0.1, -0.05) is 24.7 Å². The number of carbonyl (C=O) groups excluding carboxylic acids is 1. The Morgan fingerprint density at radius 1 is 1.53 bits per heavy atom. The van der Waals surface area contributed by atoms with Gasteiger partial charge in [0, 0.05) is 19.0 Å². The van der Waals surface area contributed by atoms with Crippen LogP contribution in [-0.4, -0.2) is 28.5 Å². The maximum atomic E-state index is 11.7. The maximum absolute atomic E-state index is 11.7. The molecule has 0 aromatic carbocycles. The molecule has 1 atom stereocenters. The third-order valence-corrected chi connectivity index (χ3v) is 3.62. The number of nitrogens with one attached hydrogen (secondary N) is 1. The summed E-state index contributed by atoms with van der Waals surface area (Å²) in [4.78, 5) is 32.5. The van der Waals surface area contributed by atoms with Crippen molar-refractivity contribution in [3.63, 3.8) is 0 Å². The molecule has 0 fully saturated rings. The topological polar surface area (TPSA) is 110 Å². The molecular weight excluding hydrogens is 272 g/mol. The fourth-order valence-corrected chi connectivity index (χ4v) is 2.22. The van der Waals surface area contributed by atoms with E-state index in [0.29, 0.717) is 6.42 Å². The maximum Gasteiger partial charge on any atom is 0.324 e. The van der Waals surface area contributed by atoms with E-state index < -0.39 is 16.8 Å². The van der Waals surface area contributed by atoms with Crippen LogP contribution in [0.3, 0.4) is 0 Å². The molecule has 0 aliphatic heterocycles. The molecule has 0 radical (unpaired) electrons. The number of carboxylic acid groups (broad SMARTS) is 1. The molecule has 0 bridgehead atoms. The first-order valence-electron chi connectivity index (χ1n) is 5.68. The summed E-state index contributed by atoms with van der Waals surface area (Å²) < 4.78 is 0. The Morgan fingerprint density at radius 3 is 2.68 bits per heavy atom. The normalized spacial score (nSPS) is 11.8. The first-order valence-corrected chi connectivity index (χ1v) is 6.49. The number of aliphatic carboxylic acids is 1. The van der Waals surface area contributed by atoms with Crippen LogP contribution in [0.5, 0.6) is 0 Å². The van der Waals surface area contributed by atoms with Crippen LogP contribution in [0.15, 0.2) is 12.1 Å². The number of amides is 1. The molecule has 1 unspecified atom stereocenters. The molecule has 0 saturated carbocycles. The summed E-state index contributed by atoms with van der Waals surface area (Å²) in [5.41, 5.74) is 0. The molecule has 1 aromatic rings. The smallest absolute Gasteiger partial charge is 0.324 e. The van der Waals surface area contributed by atoms with Gasteiger partial charge in [0.25, 0.3) is 5.91 Å². The Morgan fingerprint density at radius 2 is 2.21 bits per heavy atom. The Labute approximate surface area is 113 Å². The number of carbonyl (C=O) groups is 2. The molecule has 1 amide bonds. The molecule has 1 rings (SSSR count). The second-order valence-electron chi connectivity index (χ2n) is 3.98. The van der Waals surface area contributed by atoms with E-state index in [0.717, 1.165) is 11.3 Å². The van der Waals surface area contributed by atoms with Gasteiger partial charge < -0.3 is 10.4 Å². The lowest BCUT2D eigenvalue weighted by atomic mass is 10.0. The Bertz CT molecular complexity index is 485. The molecule has 104 valence electrons. The van der Waals surface area contributed by atoms with Gasteiger partial charge in [-0.3, -0.25) is 19.7 Å². The molecule has 2 N–H and O–H groups in total. The number of hydrogen-bond donors (Lipinski definition) is 2. The predicted molar refractivity (Wildman–Crippen MR) is 69.3 cm³/mol. The van der Waals surface area contributed by atoms with Gasteiger partial charge in [0.2, 0.25) is 0 Å². The van der Waals surface area contributed by atoms with E-state index in [-0.39, 0.29) is 28.8 Å². The number of carboxylic acids is 1. The number of thiophene rings is 1. The standard InChI is InChI=1S/C11H14N2O5S/c1-2-7(5-10(14)15)6-12-11(16)8-3-4-9(19-8)13(17)18/h3-4,7H,2,5-6H2,1H3,(H,12,16)(H,14,15). The molecule has 0 aliphatic rings. The Balaban J connectivity index is 2.54. The quantitative estimate of drug-likeness (QED) is 0.587. The van der Waals surface area contributed by atoms with Gasteiger partial charge in [0.05, 0.1) is 9.80 Å². The second-order valence-corrected chi connectivity index (χ2v) is 5.04. The van der Waals surface area contributed by atoms with Crippen molar-refractivity contribution in [2.45, 2.75) is 19.8 Å². The molecular formula is C11H14N2O5S. The minimum absolute atomic E-state index is 0.0125. The van der Waals surface area contributed by atoms with E-state index in [1.165, 1.54) is 12.1 Å². The van der Waals surface area contributed by atoms with Gasteiger partial charge in [-0.05, 0) is 12.0 Å². The van der Waals surface area contributed by atoms with Crippen LogP contribution in [0.1, 0.15) is 29.4 Å². The SMILES string of the molecule is CCC(CNC(=O)c1ccc([N+](=O)[O-])s1)CC(=O)O. The summed E-state index contributed by atoms with van der Waals surface area (Å²) in [6.07, 6.45) is 0.624. The number of nitro groups is 1. The van der Waals surface area contributed by atoms with Crippen molar-refractivity contribution in [3.05, 3.63) is 27.1 Å². The van der Waals surface area contributed by atoms with Crippen LogP contribution in [0.4, 0.5) is 5.00 Å². The van der Waals surface area contributed by atoms with Crippen LogP contribution >= 0.6 is 11.3 Å². The van der Waals surface area contributed by atoms with Crippen molar-refractivity contribution in [3.8, 4) is 0 Å². The fourth-order valence-electron chi connectivity index (χ4n) is 1.48. The Hall–Kier alpha value is -1.96. The van der Waals surface area contributed by atoms with Gasteiger partial charge in [-0.25, -0.2) is 0 Å². The summed E-state index contributed by atoms with van der Waals surface area (Å²) in [5.74, 6) is -1.47. The first-order chi connectivity index (χ1) is 8.93. The van der Waals surface area contributed by atoms with Crippen molar-refractivity contribution in [2.24, 2.45) is 5.92 Å². The van der Waals surface area contributed by atoms with Crippen LogP contribution in [-0.2, 0) is 4.79 Å². The highest BCUT2D eigenvalue weighted by Crippen LogP contribution is 2.23. The van der Waals surface area contributed by atoms with E-state index in [9.17, 15) is 19.7 Å². The van der Waals surface area contributed by atoms with Crippen LogP contribution in [0, 0.1) is 16.0 Å². The van der Waals surface area contributed by atoms with Gasteiger partial charge in [0.15, 0.2) is 0 Å². The van der Waals surface area contributed by atoms with Crippen molar-refractivity contribution in [1.29, 1.82) is 0 Å². The summed E-state index contributed by atoms with van der Waals surface area (Å²) in [6, 6.07) is 2.66. The van der Waals surface area contributed by atoms with Gasteiger partial charge >= 0.3 is 11.0 Å². The lowest BCUT2D eigenvalue weighted by molar-refractivity contribution is -0.380. The van der Waals surface area contributed by atoms with Gasteiger partial charge in [0.1, 0.15) is 0 Å². The average molecular weight is 286 g/mol. The van der Waals surface area contributed by atoms with Gasteiger partial charge in [-0.2, -0.15) is 0 Å². The summed E-state index contributed by atoms with van der Waals surface area (Å²) >= 11 is 0.795. The lowest BCUT2D eigenvalue weighted by Gasteiger charge is -2.12. The molecule has 1 aromatic heterocycles. The molecule has 8 heteroatoms. The van der Waals surface area contributed by atoms with E-state index in [1.54, 1.807) is 0 Å². The summed E-state index contributed by atoms with van der Waals surface area (Å²) in [6.45, 7) is 2.09. The third kappa shape index (κ3) is 4.66. The van der Waals surface area contributed by atoms with Crippen LogP contribution in [0.25, 0.3) is 0 Å². The number of hydrogen-bond acceptors (Lipinski definition) is 5. The molecule has 1 heterocycles. The van der Waals surface area contributed by atoms with E-state index in [2.05, 4.69) is 5.32 Å². The fraction of sp³-hybridized carbons (Fsp3) is 0.455. The monoisotopic (exact) mass is 286 g/mol. The predicted octanol–water partition coefficient (Wildman–Crippen LogP) is 1.89. The van der Waals surface area contributed by atoms with E-state index in [1.807, 2.05) is 6.92 Å². The highest BCUT2D eigenvalue weighted by molar-refractivity contribution is 7.17. The first kappa shape index (κ1) is 15.1. The summed E-state index contributed by atoms with van der Waals surface area (Å²) in [5, 5.41) is 21.7. The molecule has 0 spiro atoms. The van der Waals surface area contributed by atoms with Crippen molar-refractivity contribution < 1.29 is 19.6 Å². The number of nitrogens with zero attached hydrogens (tertiary/aromatic N) is 1. The zero-order chi connectivity index (χ0) is 14.4. The number of rotatable bonds is 7. The average Bonchev–Trinajstić information content (AvgIpc) is 2.83. The highest BCUT2D eigenvalue weighted by Gasteiger charge is 2.17. The summed E-state index contributed by atoms with van der Waals surface area (Å²) in [7, 11) is 0. The van der Waals surface area contributed by atoms with Crippen molar-refractivity contribution in [1.82, 2.24) is 5.32 Å². The van der Waals surface area contributed by atoms with Gasteiger partial charge in [-0.15, -0.1) is 0 Å². The molecule has 7 nitrogen and oxygen atoms in total. The van der Waals surface area contributed by atoms with Crippen molar-refractivity contribution >= 4 is 28.2 Å². The third-order valence-electron chi connectivity index (χ3n) is 2.59. The Kier molecular flexibility index (Phi) is 5.43. The van der Waals surface area contributed by atoms with Crippen molar-refractivity contribution in [2.75, 3.05) is 6.54 Å². The zero-order valence-corrected chi connectivity index (χ0v) is 11.1. The van der Waals surface area contributed by atoms with E-state index in [4.69, 9.17) is 5.11 Å².